The van der Waals surface area contributed by atoms with Gasteiger partial charge in [-0.1, -0.05) is 0 Å². The molecule has 0 aromatic heterocycles. The molecule has 0 unspecified atom stereocenters. The minimum Gasteiger partial charge on any atom is -0.395 e. The molecule has 6 heteroatoms. The molecule has 1 saturated carbocycles. The summed E-state index contributed by atoms with van der Waals surface area (Å²) >= 11 is 0. The van der Waals surface area contributed by atoms with E-state index in [1.54, 1.807) is 6.92 Å². The highest BCUT2D eigenvalue weighted by Gasteiger charge is 2.37. The summed E-state index contributed by atoms with van der Waals surface area (Å²) in [5.74, 6) is -0.562. The lowest BCUT2D eigenvalue weighted by Gasteiger charge is -2.21. The molecule has 0 atom stereocenters. The van der Waals surface area contributed by atoms with Gasteiger partial charge in [-0.3, -0.25) is 0 Å². The Kier molecular flexibility index (Phi) is 3.70. The molecule has 18 heavy (non-hydrogen) atoms. The molecular formula is C12H16FNO3S. The Bertz CT molecular complexity index is 520. The molecule has 0 aliphatic heterocycles. The monoisotopic (exact) mass is 273 g/mol. The second kappa shape index (κ2) is 4.95. The second-order valence-corrected chi connectivity index (χ2v) is 6.43. The van der Waals surface area contributed by atoms with Crippen LogP contribution in [0.4, 0.5) is 4.39 Å². The van der Waals surface area contributed by atoms with E-state index in [9.17, 15) is 12.8 Å². The molecule has 0 heterocycles. The van der Waals surface area contributed by atoms with E-state index >= 15 is 0 Å². The van der Waals surface area contributed by atoms with Gasteiger partial charge in [-0.15, -0.1) is 0 Å². The molecule has 1 aromatic rings. The van der Waals surface area contributed by atoms with Crippen molar-refractivity contribution in [1.29, 1.82) is 0 Å². The minimum atomic E-state index is -3.71. The number of aliphatic hydroxyl groups excluding tert-OH is 1. The Morgan fingerprint density at radius 2 is 2.06 bits per heavy atom. The first kappa shape index (κ1) is 13.5. The largest absolute Gasteiger partial charge is 0.395 e. The van der Waals surface area contributed by atoms with Crippen molar-refractivity contribution in [3.63, 3.8) is 0 Å². The topological polar surface area (TPSA) is 57.6 Å². The van der Waals surface area contributed by atoms with Gasteiger partial charge in [0, 0.05) is 12.6 Å². The number of benzene rings is 1. The Morgan fingerprint density at radius 3 is 2.56 bits per heavy atom. The van der Waals surface area contributed by atoms with E-state index in [2.05, 4.69) is 0 Å². The van der Waals surface area contributed by atoms with E-state index in [0.29, 0.717) is 5.56 Å². The normalized spacial score (nSPS) is 16.2. The highest BCUT2D eigenvalue weighted by atomic mass is 32.2. The average Bonchev–Trinajstić information content (AvgIpc) is 3.08. The van der Waals surface area contributed by atoms with Crippen molar-refractivity contribution < 1.29 is 17.9 Å². The van der Waals surface area contributed by atoms with Gasteiger partial charge in [0.2, 0.25) is 10.0 Å². The zero-order valence-corrected chi connectivity index (χ0v) is 11.0. The lowest BCUT2D eigenvalue weighted by Crippen LogP contribution is -2.35. The van der Waals surface area contributed by atoms with Crippen molar-refractivity contribution in [3.8, 4) is 0 Å². The van der Waals surface area contributed by atoms with Crippen LogP contribution in [0, 0.1) is 12.7 Å². The van der Waals surface area contributed by atoms with Crippen molar-refractivity contribution in [1.82, 2.24) is 4.31 Å². The molecule has 1 N–H and O–H groups in total. The SMILES string of the molecule is Cc1cc(F)cc(S(=O)(=O)N(CCO)C2CC2)c1. The molecule has 1 aromatic carbocycles. The molecule has 1 fully saturated rings. The van der Waals surface area contributed by atoms with Crippen molar-refractivity contribution in [2.24, 2.45) is 0 Å². The van der Waals surface area contributed by atoms with Crippen LogP contribution in [-0.2, 0) is 10.0 Å². The molecule has 0 saturated heterocycles. The molecule has 0 spiro atoms. The highest BCUT2D eigenvalue weighted by molar-refractivity contribution is 7.89. The van der Waals surface area contributed by atoms with Gasteiger partial charge in [0.1, 0.15) is 5.82 Å². The summed E-state index contributed by atoms with van der Waals surface area (Å²) in [6.07, 6.45) is 1.60. The fraction of sp³-hybridized carbons (Fsp3) is 0.500. The quantitative estimate of drug-likeness (QED) is 0.879. The number of halogens is 1. The molecule has 100 valence electrons. The van der Waals surface area contributed by atoms with Crippen LogP contribution in [0.3, 0.4) is 0 Å². The van der Waals surface area contributed by atoms with E-state index in [-0.39, 0.29) is 24.1 Å². The van der Waals surface area contributed by atoms with Crippen molar-refractivity contribution in [2.45, 2.75) is 30.7 Å². The summed E-state index contributed by atoms with van der Waals surface area (Å²) in [4.78, 5) is -0.0413. The molecule has 2 rings (SSSR count). The van der Waals surface area contributed by atoms with E-state index < -0.39 is 15.8 Å². The third kappa shape index (κ3) is 2.71. The summed E-state index contributed by atoms with van der Waals surface area (Å²) < 4.78 is 39.3. The maximum Gasteiger partial charge on any atom is 0.243 e. The second-order valence-electron chi connectivity index (χ2n) is 4.53. The van der Waals surface area contributed by atoms with Gasteiger partial charge >= 0.3 is 0 Å². The smallest absolute Gasteiger partial charge is 0.243 e. The number of nitrogens with zero attached hydrogens (tertiary/aromatic N) is 1. The van der Waals surface area contributed by atoms with Gasteiger partial charge in [-0.05, 0) is 43.5 Å². The standard InChI is InChI=1S/C12H16FNO3S/c1-9-6-10(13)8-12(7-9)18(16,17)14(4-5-15)11-2-3-11/h6-8,11,15H,2-5H2,1H3. The fourth-order valence-electron chi connectivity index (χ4n) is 1.95. The number of sulfonamides is 1. The molecule has 0 amide bonds. The number of aryl methyl sites for hydroxylation is 1. The Balaban J connectivity index is 2.39. The first-order valence-electron chi connectivity index (χ1n) is 5.85. The fourth-order valence-corrected chi connectivity index (χ4v) is 3.74. The van der Waals surface area contributed by atoms with E-state index in [1.165, 1.54) is 16.4 Å². The maximum atomic E-state index is 13.3. The summed E-state index contributed by atoms with van der Waals surface area (Å²) in [5, 5.41) is 8.95. The Morgan fingerprint density at radius 1 is 1.39 bits per heavy atom. The van der Waals surface area contributed by atoms with Crippen LogP contribution >= 0.6 is 0 Å². The predicted molar refractivity (Wildman–Crippen MR) is 65.1 cm³/mol. The maximum absolute atomic E-state index is 13.3. The molecule has 4 nitrogen and oxygen atoms in total. The van der Waals surface area contributed by atoms with Gasteiger partial charge < -0.3 is 5.11 Å². The zero-order chi connectivity index (χ0) is 13.3. The summed E-state index contributed by atoms with van der Waals surface area (Å²) in [6, 6.07) is 3.71. The average molecular weight is 273 g/mol. The van der Waals surface area contributed by atoms with Crippen molar-refractivity contribution in [3.05, 3.63) is 29.6 Å². The van der Waals surface area contributed by atoms with Crippen LogP contribution in [0.15, 0.2) is 23.1 Å². The third-order valence-corrected chi connectivity index (χ3v) is 4.83. The molecular weight excluding hydrogens is 257 g/mol. The van der Waals surface area contributed by atoms with E-state index in [4.69, 9.17) is 5.11 Å². The highest BCUT2D eigenvalue weighted by Crippen LogP contribution is 2.32. The molecule has 0 radical (unpaired) electrons. The van der Waals surface area contributed by atoms with Gasteiger partial charge in [0.15, 0.2) is 0 Å². The first-order valence-corrected chi connectivity index (χ1v) is 7.29. The minimum absolute atomic E-state index is 0.0413. The number of rotatable bonds is 5. The van der Waals surface area contributed by atoms with Gasteiger partial charge in [0.05, 0.1) is 11.5 Å². The number of hydrogen-bond acceptors (Lipinski definition) is 3. The first-order chi connectivity index (χ1) is 8.45. The van der Waals surface area contributed by atoms with Gasteiger partial charge in [0.25, 0.3) is 0 Å². The summed E-state index contributed by atoms with van der Waals surface area (Å²) in [6.45, 7) is 1.47. The molecule has 0 bridgehead atoms. The van der Waals surface area contributed by atoms with Gasteiger partial charge in [-0.25, -0.2) is 12.8 Å². The predicted octanol–water partition coefficient (Wildman–Crippen LogP) is 1.28. The Labute approximate surface area is 106 Å². The van der Waals surface area contributed by atoms with Gasteiger partial charge in [-0.2, -0.15) is 4.31 Å². The lowest BCUT2D eigenvalue weighted by molar-refractivity contribution is 0.250. The summed E-state index contributed by atoms with van der Waals surface area (Å²) in [5.41, 5.74) is 0.563. The number of hydrogen-bond donors (Lipinski definition) is 1. The van der Waals surface area contributed by atoms with E-state index in [1.807, 2.05) is 0 Å². The zero-order valence-electron chi connectivity index (χ0n) is 10.1. The third-order valence-electron chi connectivity index (χ3n) is 2.90. The Hall–Kier alpha value is -0.980. The van der Waals surface area contributed by atoms with Crippen molar-refractivity contribution >= 4 is 10.0 Å². The number of aliphatic hydroxyl groups is 1. The lowest BCUT2D eigenvalue weighted by atomic mass is 10.2. The van der Waals surface area contributed by atoms with Crippen LogP contribution in [0.2, 0.25) is 0 Å². The van der Waals surface area contributed by atoms with Crippen LogP contribution < -0.4 is 0 Å². The summed E-state index contributed by atoms with van der Waals surface area (Å²) in [7, 11) is -3.71. The van der Waals surface area contributed by atoms with Crippen LogP contribution in [0.25, 0.3) is 0 Å². The molecule has 1 aliphatic carbocycles. The van der Waals surface area contributed by atoms with Crippen molar-refractivity contribution in [2.75, 3.05) is 13.2 Å². The van der Waals surface area contributed by atoms with E-state index in [0.717, 1.165) is 18.9 Å². The van der Waals surface area contributed by atoms with Crippen LogP contribution in [-0.4, -0.2) is 37.0 Å². The molecule has 1 aliphatic rings. The van der Waals surface area contributed by atoms with Crippen LogP contribution in [0.1, 0.15) is 18.4 Å². The van der Waals surface area contributed by atoms with Crippen LogP contribution in [0.5, 0.6) is 0 Å².